The molecule has 142 valence electrons. The number of amides is 2. The standard InChI is InChI=1S/C19H18N6O3/c1-28-17-10-14(25-12-20-22-23-25)6-7-16(17)21-18(26)8-9-24-11-13-4-2-3-5-15(13)19(24)27/h2-7,10,12H,8-9,11H2,1H3,(H,21,26). The zero-order chi connectivity index (χ0) is 19.5. The smallest absolute Gasteiger partial charge is 0.254 e. The number of nitrogens with one attached hydrogen (secondary N) is 1. The summed E-state index contributed by atoms with van der Waals surface area (Å²) in [6.45, 7) is 0.886. The first-order chi connectivity index (χ1) is 13.7. The second kappa shape index (κ2) is 7.47. The van der Waals surface area contributed by atoms with Gasteiger partial charge in [-0.1, -0.05) is 18.2 Å². The van der Waals surface area contributed by atoms with E-state index < -0.39 is 0 Å². The van der Waals surface area contributed by atoms with Crippen molar-refractivity contribution in [2.24, 2.45) is 0 Å². The third kappa shape index (κ3) is 3.41. The van der Waals surface area contributed by atoms with Gasteiger partial charge in [0.05, 0.1) is 18.5 Å². The van der Waals surface area contributed by atoms with E-state index in [4.69, 9.17) is 4.74 Å². The molecule has 9 heteroatoms. The fourth-order valence-corrected chi connectivity index (χ4v) is 3.15. The molecule has 3 aromatic rings. The van der Waals surface area contributed by atoms with Crippen molar-refractivity contribution in [3.63, 3.8) is 0 Å². The zero-order valence-corrected chi connectivity index (χ0v) is 15.2. The predicted molar refractivity (Wildman–Crippen MR) is 100 cm³/mol. The molecule has 0 radical (unpaired) electrons. The maximum absolute atomic E-state index is 12.4. The molecule has 0 aliphatic carbocycles. The first-order valence-electron chi connectivity index (χ1n) is 8.74. The number of ether oxygens (including phenoxy) is 1. The highest BCUT2D eigenvalue weighted by molar-refractivity contribution is 5.99. The molecule has 0 saturated carbocycles. The van der Waals surface area contributed by atoms with Crippen LogP contribution < -0.4 is 10.1 Å². The molecule has 2 amide bonds. The van der Waals surface area contributed by atoms with E-state index >= 15 is 0 Å². The zero-order valence-electron chi connectivity index (χ0n) is 15.2. The van der Waals surface area contributed by atoms with Crippen molar-refractivity contribution >= 4 is 17.5 Å². The molecule has 1 aliphatic rings. The van der Waals surface area contributed by atoms with Crippen LogP contribution in [0, 0.1) is 0 Å². The molecule has 2 heterocycles. The van der Waals surface area contributed by atoms with Crippen molar-refractivity contribution in [2.45, 2.75) is 13.0 Å². The molecule has 1 N–H and O–H groups in total. The molecule has 0 bridgehead atoms. The van der Waals surface area contributed by atoms with Gasteiger partial charge >= 0.3 is 0 Å². The van der Waals surface area contributed by atoms with Gasteiger partial charge in [0.2, 0.25) is 5.91 Å². The van der Waals surface area contributed by atoms with E-state index in [0.29, 0.717) is 35.8 Å². The fraction of sp³-hybridized carbons (Fsp3) is 0.211. The highest BCUT2D eigenvalue weighted by Crippen LogP contribution is 2.27. The number of tetrazole rings is 1. The minimum atomic E-state index is -0.197. The Morgan fingerprint density at radius 1 is 1.25 bits per heavy atom. The third-order valence-corrected chi connectivity index (χ3v) is 4.58. The van der Waals surface area contributed by atoms with Crippen molar-refractivity contribution in [3.8, 4) is 11.4 Å². The van der Waals surface area contributed by atoms with Gasteiger partial charge in [-0.2, -0.15) is 0 Å². The lowest BCUT2D eigenvalue weighted by molar-refractivity contribution is -0.116. The topological polar surface area (TPSA) is 102 Å². The summed E-state index contributed by atoms with van der Waals surface area (Å²) in [7, 11) is 1.52. The van der Waals surface area contributed by atoms with Crippen LogP contribution in [0.1, 0.15) is 22.3 Å². The Morgan fingerprint density at radius 2 is 2.11 bits per heavy atom. The van der Waals surface area contributed by atoms with Crippen molar-refractivity contribution in [2.75, 3.05) is 19.0 Å². The van der Waals surface area contributed by atoms with E-state index in [-0.39, 0.29) is 18.2 Å². The van der Waals surface area contributed by atoms with Gasteiger partial charge in [0.25, 0.3) is 5.91 Å². The number of fused-ring (bicyclic) bond motifs is 1. The largest absolute Gasteiger partial charge is 0.494 e. The molecule has 4 rings (SSSR count). The Labute approximate surface area is 160 Å². The summed E-state index contributed by atoms with van der Waals surface area (Å²) < 4.78 is 6.85. The van der Waals surface area contributed by atoms with Gasteiger partial charge in [0.15, 0.2) is 0 Å². The van der Waals surface area contributed by atoms with Gasteiger partial charge in [-0.25, -0.2) is 4.68 Å². The quantitative estimate of drug-likeness (QED) is 0.700. The minimum absolute atomic E-state index is 0.0354. The summed E-state index contributed by atoms with van der Waals surface area (Å²) in [5.74, 6) is 0.259. The van der Waals surface area contributed by atoms with Crippen LogP contribution in [0.15, 0.2) is 48.8 Å². The van der Waals surface area contributed by atoms with Gasteiger partial charge in [-0.3, -0.25) is 9.59 Å². The number of aromatic nitrogens is 4. The maximum atomic E-state index is 12.4. The lowest BCUT2D eigenvalue weighted by Crippen LogP contribution is -2.28. The van der Waals surface area contributed by atoms with Gasteiger partial charge in [-0.05, 0) is 34.2 Å². The second-order valence-corrected chi connectivity index (χ2v) is 6.32. The number of hydrogen-bond acceptors (Lipinski definition) is 6. The number of nitrogens with zero attached hydrogens (tertiary/aromatic N) is 5. The van der Waals surface area contributed by atoms with Gasteiger partial charge in [0.1, 0.15) is 12.1 Å². The number of methoxy groups -OCH3 is 1. The summed E-state index contributed by atoms with van der Waals surface area (Å²) in [6, 6.07) is 12.7. The predicted octanol–water partition coefficient (Wildman–Crippen LogP) is 1.66. The van der Waals surface area contributed by atoms with E-state index in [0.717, 1.165) is 5.56 Å². The number of anilines is 1. The Kier molecular flexibility index (Phi) is 4.71. The van der Waals surface area contributed by atoms with Crippen LogP contribution in [0.25, 0.3) is 5.69 Å². The van der Waals surface area contributed by atoms with Gasteiger partial charge < -0.3 is 15.0 Å². The van der Waals surface area contributed by atoms with Crippen LogP contribution in [0.2, 0.25) is 0 Å². The summed E-state index contributed by atoms with van der Waals surface area (Å²) in [6.07, 6.45) is 1.66. The first-order valence-corrected chi connectivity index (χ1v) is 8.74. The van der Waals surface area contributed by atoms with E-state index in [9.17, 15) is 9.59 Å². The molecule has 2 aromatic carbocycles. The first kappa shape index (κ1) is 17.7. The Hall–Kier alpha value is -3.75. The summed E-state index contributed by atoms with van der Waals surface area (Å²) in [5.41, 5.74) is 2.95. The van der Waals surface area contributed by atoms with Crippen molar-refractivity contribution < 1.29 is 14.3 Å². The van der Waals surface area contributed by atoms with E-state index in [1.54, 1.807) is 23.1 Å². The third-order valence-electron chi connectivity index (χ3n) is 4.58. The normalized spacial score (nSPS) is 12.8. The van der Waals surface area contributed by atoms with E-state index in [2.05, 4.69) is 20.8 Å². The Bertz CT molecular complexity index is 1020. The average molecular weight is 378 g/mol. The highest BCUT2D eigenvalue weighted by Gasteiger charge is 2.26. The lowest BCUT2D eigenvalue weighted by Gasteiger charge is -2.16. The molecule has 0 atom stereocenters. The van der Waals surface area contributed by atoms with Crippen LogP contribution in [-0.4, -0.2) is 50.6 Å². The molecular formula is C19H18N6O3. The van der Waals surface area contributed by atoms with Crippen LogP contribution >= 0.6 is 0 Å². The molecule has 28 heavy (non-hydrogen) atoms. The van der Waals surface area contributed by atoms with Crippen LogP contribution in [0.4, 0.5) is 5.69 Å². The SMILES string of the molecule is COc1cc(-n2cnnn2)ccc1NC(=O)CCN1Cc2ccccc2C1=O. The van der Waals surface area contributed by atoms with Crippen molar-refractivity contribution in [3.05, 3.63) is 59.9 Å². The monoisotopic (exact) mass is 378 g/mol. The van der Waals surface area contributed by atoms with Gasteiger partial charge in [-0.15, -0.1) is 5.10 Å². The summed E-state index contributed by atoms with van der Waals surface area (Å²) in [5, 5.41) is 13.9. The number of rotatable bonds is 6. The maximum Gasteiger partial charge on any atom is 0.254 e. The molecule has 0 unspecified atom stereocenters. The number of hydrogen-bond donors (Lipinski definition) is 1. The van der Waals surface area contributed by atoms with Crippen molar-refractivity contribution in [1.82, 2.24) is 25.1 Å². The molecule has 0 spiro atoms. The second-order valence-electron chi connectivity index (χ2n) is 6.32. The average Bonchev–Trinajstić information content (AvgIpc) is 3.36. The molecule has 9 nitrogen and oxygen atoms in total. The molecule has 1 aliphatic heterocycles. The van der Waals surface area contributed by atoms with Gasteiger partial charge in [0, 0.05) is 31.1 Å². The van der Waals surface area contributed by atoms with E-state index in [1.165, 1.54) is 18.1 Å². The number of benzene rings is 2. The number of carbonyl (C=O) groups excluding carboxylic acids is 2. The van der Waals surface area contributed by atoms with Crippen LogP contribution in [0.5, 0.6) is 5.75 Å². The Morgan fingerprint density at radius 3 is 2.86 bits per heavy atom. The molecule has 0 fully saturated rings. The summed E-state index contributed by atoms with van der Waals surface area (Å²) >= 11 is 0. The van der Waals surface area contributed by atoms with E-state index in [1.807, 2.05) is 24.3 Å². The fourth-order valence-electron chi connectivity index (χ4n) is 3.15. The molecule has 0 saturated heterocycles. The summed E-state index contributed by atoms with van der Waals surface area (Å²) in [4.78, 5) is 26.4. The molecule has 1 aromatic heterocycles. The molecular weight excluding hydrogens is 360 g/mol. The minimum Gasteiger partial charge on any atom is -0.494 e. The lowest BCUT2D eigenvalue weighted by atomic mass is 10.1. The van der Waals surface area contributed by atoms with Crippen molar-refractivity contribution in [1.29, 1.82) is 0 Å². The van der Waals surface area contributed by atoms with Crippen LogP contribution in [-0.2, 0) is 11.3 Å². The van der Waals surface area contributed by atoms with Crippen LogP contribution in [0.3, 0.4) is 0 Å². The number of carbonyl (C=O) groups is 2. The highest BCUT2D eigenvalue weighted by atomic mass is 16.5. The Balaban J connectivity index is 1.38.